The number of ether oxygens (including phenoxy) is 3. The third kappa shape index (κ3) is 4.46. The summed E-state index contributed by atoms with van der Waals surface area (Å²) in [5, 5.41) is 7.75. The van der Waals surface area contributed by atoms with Crippen molar-refractivity contribution in [3.63, 3.8) is 0 Å². The molecule has 1 atom stereocenters. The monoisotopic (exact) mass is 524 g/mol. The third-order valence-corrected chi connectivity index (χ3v) is 7.27. The molecule has 2 aliphatic heterocycles. The highest BCUT2D eigenvalue weighted by atomic mass is 16.7. The molecule has 0 fully saturated rings. The number of carbonyl (C=O) groups excluding carboxylic acids is 2. The fourth-order valence-corrected chi connectivity index (χ4v) is 5.08. The maximum atomic E-state index is 14.0. The number of hydrogen-bond acceptors (Lipinski definition) is 6. The van der Waals surface area contributed by atoms with E-state index < -0.39 is 5.54 Å². The Morgan fingerprint density at radius 1 is 1.03 bits per heavy atom. The highest BCUT2D eigenvalue weighted by molar-refractivity contribution is 6.00. The van der Waals surface area contributed by atoms with E-state index in [1.165, 1.54) is 0 Å². The number of carbonyl (C=O) groups is 2. The fraction of sp³-hybridized carbons (Fsp3) is 0.233. The minimum atomic E-state index is -1.22. The van der Waals surface area contributed by atoms with Crippen molar-refractivity contribution >= 4 is 11.8 Å². The van der Waals surface area contributed by atoms with Crippen LogP contribution >= 0.6 is 0 Å². The summed E-state index contributed by atoms with van der Waals surface area (Å²) in [7, 11) is 1.60. The molecule has 0 radical (unpaired) electrons. The number of benzene rings is 3. The molecule has 1 N–H and O–H groups in total. The molecular formula is C30H28N4O5. The number of fused-ring (bicyclic) bond motifs is 2. The Kier molecular flexibility index (Phi) is 6.18. The predicted octanol–water partition coefficient (Wildman–Crippen LogP) is 4.02. The lowest BCUT2D eigenvalue weighted by Gasteiger charge is -2.43. The van der Waals surface area contributed by atoms with Gasteiger partial charge in [-0.1, -0.05) is 54.6 Å². The van der Waals surface area contributed by atoms with Crippen molar-refractivity contribution in [2.24, 2.45) is 0 Å². The second kappa shape index (κ2) is 9.83. The molecule has 39 heavy (non-hydrogen) atoms. The number of nitrogens with zero attached hydrogens (tertiary/aromatic N) is 3. The normalized spacial score (nSPS) is 17.6. The molecule has 1 unspecified atom stereocenters. The number of aromatic nitrogens is 2. The molecule has 0 bridgehead atoms. The van der Waals surface area contributed by atoms with Crippen LogP contribution < -0.4 is 19.5 Å². The minimum Gasteiger partial charge on any atom is -0.496 e. The van der Waals surface area contributed by atoms with Gasteiger partial charge in [0.15, 0.2) is 11.5 Å². The van der Waals surface area contributed by atoms with E-state index >= 15 is 0 Å². The summed E-state index contributed by atoms with van der Waals surface area (Å²) >= 11 is 0. The van der Waals surface area contributed by atoms with Gasteiger partial charge in [0.1, 0.15) is 17.0 Å². The van der Waals surface area contributed by atoms with Gasteiger partial charge < -0.3 is 24.4 Å². The van der Waals surface area contributed by atoms with Crippen LogP contribution in [0.3, 0.4) is 0 Å². The molecule has 9 heteroatoms. The molecule has 0 saturated carbocycles. The molecule has 1 aromatic heterocycles. The molecule has 0 spiro atoms. The molecule has 198 valence electrons. The van der Waals surface area contributed by atoms with Gasteiger partial charge in [-0.25, -0.2) is 0 Å². The van der Waals surface area contributed by atoms with Crippen molar-refractivity contribution in [3.05, 3.63) is 95.7 Å². The topological polar surface area (TPSA) is 94.9 Å². The van der Waals surface area contributed by atoms with Crippen LogP contribution in [0.25, 0.3) is 11.3 Å². The van der Waals surface area contributed by atoms with Crippen LogP contribution in [0.1, 0.15) is 28.5 Å². The van der Waals surface area contributed by atoms with Crippen LogP contribution in [0.2, 0.25) is 0 Å². The number of rotatable bonds is 7. The summed E-state index contributed by atoms with van der Waals surface area (Å²) < 4.78 is 18.1. The van der Waals surface area contributed by atoms with Gasteiger partial charge in [-0.2, -0.15) is 5.10 Å². The summed E-state index contributed by atoms with van der Waals surface area (Å²) in [6, 6.07) is 24.5. The van der Waals surface area contributed by atoms with Crippen molar-refractivity contribution in [1.82, 2.24) is 20.0 Å². The van der Waals surface area contributed by atoms with Crippen molar-refractivity contribution < 1.29 is 23.8 Å². The third-order valence-electron chi connectivity index (χ3n) is 7.27. The first-order valence-corrected chi connectivity index (χ1v) is 12.7. The van der Waals surface area contributed by atoms with Gasteiger partial charge >= 0.3 is 0 Å². The van der Waals surface area contributed by atoms with Gasteiger partial charge in [0.05, 0.1) is 19.3 Å². The van der Waals surface area contributed by atoms with E-state index in [1.54, 1.807) is 29.7 Å². The maximum Gasteiger partial charge on any atom is 0.273 e. The van der Waals surface area contributed by atoms with Crippen molar-refractivity contribution in [2.75, 3.05) is 13.9 Å². The first-order valence-electron chi connectivity index (χ1n) is 12.7. The van der Waals surface area contributed by atoms with E-state index in [0.717, 1.165) is 16.7 Å². The lowest BCUT2D eigenvalue weighted by atomic mass is 9.93. The molecule has 3 aromatic carbocycles. The zero-order chi connectivity index (χ0) is 27.0. The number of nitrogens with one attached hydrogen (secondary N) is 1. The Bertz CT molecular complexity index is 1550. The number of hydrogen-bond donors (Lipinski definition) is 1. The van der Waals surface area contributed by atoms with E-state index in [2.05, 4.69) is 5.32 Å². The summed E-state index contributed by atoms with van der Waals surface area (Å²) in [6.45, 7) is 2.60. The zero-order valence-electron chi connectivity index (χ0n) is 21.7. The summed E-state index contributed by atoms with van der Waals surface area (Å²) in [4.78, 5) is 29.5. The minimum absolute atomic E-state index is 0.159. The average Bonchev–Trinajstić information content (AvgIpc) is 3.61. The SMILES string of the molecule is COc1ccccc1CNC(=O)C1(C)Cn2nc(-c3ccccc3)cc2C(=O)N1Cc1ccc2c(c1)OCO2. The van der Waals surface area contributed by atoms with Crippen LogP contribution in [-0.2, 0) is 24.4 Å². The van der Waals surface area contributed by atoms with E-state index in [-0.39, 0.29) is 38.2 Å². The van der Waals surface area contributed by atoms with Crippen LogP contribution in [0.5, 0.6) is 17.2 Å². The summed E-state index contributed by atoms with van der Waals surface area (Å²) in [6.07, 6.45) is 0. The Hall–Kier alpha value is -4.79. The molecule has 6 rings (SSSR count). The molecule has 0 aliphatic carbocycles. The van der Waals surface area contributed by atoms with Gasteiger partial charge in [0.25, 0.3) is 5.91 Å². The fourth-order valence-electron chi connectivity index (χ4n) is 5.08. The quantitative estimate of drug-likeness (QED) is 0.393. The average molecular weight is 525 g/mol. The Morgan fingerprint density at radius 2 is 1.79 bits per heavy atom. The van der Waals surface area contributed by atoms with Crippen LogP contribution in [-0.4, -0.2) is 45.9 Å². The summed E-state index contributed by atoms with van der Waals surface area (Å²) in [5.74, 6) is 1.40. The molecule has 0 saturated heterocycles. The van der Waals surface area contributed by atoms with E-state index in [0.29, 0.717) is 28.6 Å². The Balaban J connectivity index is 1.34. The molecule has 9 nitrogen and oxygen atoms in total. The maximum absolute atomic E-state index is 14.0. The van der Waals surface area contributed by atoms with Crippen LogP contribution in [0, 0.1) is 0 Å². The van der Waals surface area contributed by atoms with Crippen molar-refractivity contribution in [1.29, 1.82) is 0 Å². The van der Waals surface area contributed by atoms with Crippen LogP contribution in [0.4, 0.5) is 0 Å². The number of para-hydroxylation sites is 1. The molecule has 2 amide bonds. The van der Waals surface area contributed by atoms with Crippen molar-refractivity contribution in [3.8, 4) is 28.5 Å². The first kappa shape index (κ1) is 24.5. The van der Waals surface area contributed by atoms with Gasteiger partial charge in [-0.15, -0.1) is 0 Å². The van der Waals surface area contributed by atoms with E-state index in [1.807, 2.05) is 72.8 Å². The molecule has 4 aromatic rings. The lowest BCUT2D eigenvalue weighted by Crippen LogP contribution is -2.63. The Labute approximate surface area is 225 Å². The smallest absolute Gasteiger partial charge is 0.273 e. The lowest BCUT2D eigenvalue weighted by molar-refractivity contribution is -0.133. The summed E-state index contributed by atoms with van der Waals surface area (Å²) in [5.41, 5.74) is 2.46. The molecule has 2 aliphatic rings. The van der Waals surface area contributed by atoms with Gasteiger partial charge in [0, 0.05) is 24.2 Å². The Morgan fingerprint density at radius 3 is 2.62 bits per heavy atom. The predicted molar refractivity (Wildman–Crippen MR) is 143 cm³/mol. The van der Waals surface area contributed by atoms with Gasteiger partial charge in [-0.05, 0) is 36.8 Å². The molecular weight excluding hydrogens is 496 g/mol. The van der Waals surface area contributed by atoms with E-state index in [9.17, 15) is 9.59 Å². The highest BCUT2D eigenvalue weighted by Crippen LogP contribution is 2.35. The van der Waals surface area contributed by atoms with Crippen LogP contribution in [0.15, 0.2) is 78.9 Å². The molecule has 3 heterocycles. The largest absolute Gasteiger partial charge is 0.496 e. The number of methoxy groups -OCH3 is 1. The second-order valence-electron chi connectivity index (χ2n) is 9.79. The number of amides is 2. The zero-order valence-corrected chi connectivity index (χ0v) is 21.7. The van der Waals surface area contributed by atoms with E-state index in [4.69, 9.17) is 19.3 Å². The van der Waals surface area contributed by atoms with Crippen molar-refractivity contribution in [2.45, 2.75) is 32.1 Å². The standard InChI is InChI=1S/C30H28N4O5/c1-30(29(36)31-16-22-10-6-7-11-25(22)37-2)18-34-24(15-23(32-34)21-8-4-3-5-9-21)28(35)33(30)17-20-12-13-26-27(14-20)39-19-38-26/h3-15H,16-19H2,1-2H3,(H,31,36). The highest BCUT2D eigenvalue weighted by Gasteiger charge is 2.48. The first-order chi connectivity index (χ1) is 19.0. The van der Waals surface area contributed by atoms with Gasteiger partial charge in [0.2, 0.25) is 12.7 Å². The second-order valence-corrected chi connectivity index (χ2v) is 9.79. The van der Waals surface area contributed by atoms with Gasteiger partial charge in [-0.3, -0.25) is 14.3 Å².